The van der Waals surface area contributed by atoms with Crippen molar-refractivity contribution in [3.63, 3.8) is 0 Å². The molecule has 21 heavy (non-hydrogen) atoms. The zero-order chi connectivity index (χ0) is 15.8. The van der Waals surface area contributed by atoms with Gasteiger partial charge in [-0.2, -0.15) is 0 Å². The molecule has 2 rings (SSSR count). The van der Waals surface area contributed by atoms with Crippen LogP contribution in [0.2, 0.25) is 0 Å². The lowest BCUT2D eigenvalue weighted by Crippen LogP contribution is -2.77. The maximum Gasteiger partial charge on any atom is 0.326 e. The molecule has 0 aromatic carbocycles. The minimum atomic E-state index is -1.03. The molecule has 3 N–H and O–H groups in total. The number of likely N-dealkylation sites (tertiary alicyclic amines) is 1. The third-order valence-corrected chi connectivity index (χ3v) is 5.26. The number of aliphatic carboxylic acids is 1. The molecule has 120 valence electrons. The maximum absolute atomic E-state index is 12.9. The normalized spacial score (nSPS) is 35.1. The van der Waals surface area contributed by atoms with E-state index >= 15 is 0 Å². The number of hydrogen-bond donors (Lipinski definition) is 2. The van der Waals surface area contributed by atoms with E-state index in [1.54, 1.807) is 0 Å². The molecule has 0 aromatic heterocycles. The number of nitrogens with two attached hydrogens (primary N) is 1. The van der Waals surface area contributed by atoms with Crippen LogP contribution in [0.25, 0.3) is 0 Å². The number of hydrogen-bond acceptors (Lipinski definition) is 4. The Morgan fingerprint density at radius 2 is 2.05 bits per heavy atom. The fourth-order valence-electron chi connectivity index (χ4n) is 3.49. The smallest absolute Gasteiger partial charge is 0.326 e. The monoisotopic (exact) mass is 298 g/mol. The van der Waals surface area contributed by atoms with Gasteiger partial charge >= 0.3 is 5.97 Å². The topological polar surface area (TPSA) is 92.9 Å². The number of rotatable bonds is 4. The Balaban J connectivity index is 2.17. The summed E-state index contributed by atoms with van der Waals surface area (Å²) >= 11 is 0. The lowest BCUT2D eigenvalue weighted by atomic mass is 9.54. The summed E-state index contributed by atoms with van der Waals surface area (Å²) in [4.78, 5) is 25.7. The van der Waals surface area contributed by atoms with Crippen LogP contribution in [0, 0.1) is 5.41 Å². The van der Waals surface area contributed by atoms with E-state index in [4.69, 9.17) is 10.5 Å². The molecule has 1 aliphatic heterocycles. The van der Waals surface area contributed by atoms with E-state index in [1.165, 1.54) is 4.90 Å². The SMILES string of the molecule is CCOC1CC(N)(C(=O)N2CCCC[C@@H]2C(=O)O)C1(C)C. The predicted molar refractivity (Wildman–Crippen MR) is 77.7 cm³/mol. The summed E-state index contributed by atoms with van der Waals surface area (Å²) in [7, 11) is 0. The summed E-state index contributed by atoms with van der Waals surface area (Å²) < 4.78 is 5.63. The van der Waals surface area contributed by atoms with Crippen LogP contribution in [0.1, 0.15) is 46.5 Å². The second-order valence-electron chi connectivity index (χ2n) is 6.69. The average Bonchev–Trinajstić information content (AvgIpc) is 2.45. The highest BCUT2D eigenvalue weighted by molar-refractivity contribution is 5.92. The van der Waals surface area contributed by atoms with Gasteiger partial charge in [0.1, 0.15) is 11.6 Å². The lowest BCUT2D eigenvalue weighted by Gasteiger charge is -2.59. The number of carboxylic acids is 1. The van der Waals surface area contributed by atoms with E-state index in [0.29, 0.717) is 26.0 Å². The van der Waals surface area contributed by atoms with Crippen LogP contribution < -0.4 is 5.73 Å². The molecule has 0 aromatic rings. The molecule has 1 amide bonds. The number of nitrogens with zero attached hydrogens (tertiary/aromatic N) is 1. The molecule has 1 saturated carbocycles. The van der Waals surface area contributed by atoms with Crippen LogP contribution in [0.5, 0.6) is 0 Å². The van der Waals surface area contributed by atoms with Crippen molar-refractivity contribution < 1.29 is 19.4 Å². The summed E-state index contributed by atoms with van der Waals surface area (Å²) in [5, 5.41) is 9.32. The van der Waals surface area contributed by atoms with Gasteiger partial charge in [-0.05, 0) is 26.2 Å². The van der Waals surface area contributed by atoms with Crippen LogP contribution in [0.3, 0.4) is 0 Å². The molecule has 0 bridgehead atoms. The van der Waals surface area contributed by atoms with Gasteiger partial charge in [-0.15, -0.1) is 0 Å². The molecule has 2 fully saturated rings. The molecule has 1 heterocycles. The third-order valence-electron chi connectivity index (χ3n) is 5.26. The van der Waals surface area contributed by atoms with E-state index in [9.17, 15) is 14.7 Å². The van der Waals surface area contributed by atoms with Crippen molar-refractivity contribution in [2.45, 2.75) is 64.1 Å². The van der Waals surface area contributed by atoms with Gasteiger partial charge in [0.25, 0.3) is 0 Å². The second-order valence-corrected chi connectivity index (χ2v) is 6.69. The fraction of sp³-hybridized carbons (Fsp3) is 0.867. The Kier molecular flexibility index (Phi) is 4.31. The number of carboxylic acid groups (broad SMARTS) is 1. The van der Waals surface area contributed by atoms with Crippen LogP contribution in [-0.4, -0.2) is 52.7 Å². The minimum absolute atomic E-state index is 0.0514. The summed E-state index contributed by atoms with van der Waals surface area (Å²) in [5.74, 6) is -1.18. The standard InChI is InChI=1S/C15H26N2O4/c1-4-21-11-9-15(16,14(11,2)3)13(20)17-8-6-5-7-10(17)12(18)19/h10-11H,4-9,16H2,1-3H3,(H,18,19)/t10-,11?,15?/m1/s1. The zero-order valence-corrected chi connectivity index (χ0v) is 13.1. The van der Waals surface area contributed by atoms with Crippen LogP contribution >= 0.6 is 0 Å². The van der Waals surface area contributed by atoms with Gasteiger partial charge in [-0.1, -0.05) is 13.8 Å². The summed E-state index contributed by atoms with van der Waals surface area (Å²) in [6.45, 7) is 6.83. The number of carbonyl (C=O) groups is 2. The van der Waals surface area contributed by atoms with Gasteiger partial charge in [0.2, 0.25) is 5.91 Å². The van der Waals surface area contributed by atoms with Gasteiger partial charge < -0.3 is 20.5 Å². The molecule has 2 unspecified atom stereocenters. The van der Waals surface area contributed by atoms with Crippen LogP contribution in [-0.2, 0) is 14.3 Å². The first-order chi connectivity index (χ1) is 9.75. The molecular formula is C15H26N2O4. The summed E-state index contributed by atoms with van der Waals surface area (Å²) in [5.41, 5.74) is 4.86. The Morgan fingerprint density at radius 3 is 2.57 bits per heavy atom. The highest BCUT2D eigenvalue weighted by atomic mass is 16.5. The van der Waals surface area contributed by atoms with Gasteiger partial charge in [0, 0.05) is 25.0 Å². The Hall–Kier alpha value is -1.14. The zero-order valence-electron chi connectivity index (χ0n) is 13.1. The van der Waals surface area contributed by atoms with E-state index in [-0.39, 0.29) is 12.0 Å². The van der Waals surface area contributed by atoms with Gasteiger partial charge in [-0.3, -0.25) is 4.79 Å². The number of piperidine rings is 1. The van der Waals surface area contributed by atoms with Crippen LogP contribution in [0.15, 0.2) is 0 Å². The number of ether oxygens (including phenoxy) is 1. The molecule has 1 saturated heterocycles. The third kappa shape index (κ3) is 2.44. The van der Waals surface area contributed by atoms with Crippen molar-refractivity contribution in [2.24, 2.45) is 11.1 Å². The average molecular weight is 298 g/mol. The van der Waals surface area contributed by atoms with Crippen molar-refractivity contribution in [3.05, 3.63) is 0 Å². The van der Waals surface area contributed by atoms with Crippen molar-refractivity contribution in [1.29, 1.82) is 0 Å². The minimum Gasteiger partial charge on any atom is -0.480 e. The van der Waals surface area contributed by atoms with Crippen molar-refractivity contribution in [2.75, 3.05) is 13.2 Å². The first kappa shape index (κ1) is 16.2. The van der Waals surface area contributed by atoms with Crippen molar-refractivity contribution in [3.8, 4) is 0 Å². The quantitative estimate of drug-likeness (QED) is 0.807. The largest absolute Gasteiger partial charge is 0.480 e. The Morgan fingerprint density at radius 1 is 1.38 bits per heavy atom. The van der Waals surface area contributed by atoms with Gasteiger partial charge in [0.15, 0.2) is 0 Å². The van der Waals surface area contributed by atoms with Gasteiger partial charge in [-0.25, -0.2) is 4.79 Å². The second kappa shape index (κ2) is 5.57. The first-order valence-electron chi connectivity index (χ1n) is 7.70. The summed E-state index contributed by atoms with van der Waals surface area (Å²) in [6.07, 6.45) is 2.58. The molecule has 6 heteroatoms. The summed E-state index contributed by atoms with van der Waals surface area (Å²) in [6, 6.07) is -0.742. The lowest BCUT2D eigenvalue weighted by molar-refractivity contribution is -0.184. The van der Waals surface area contributed by atoms with Crippen molar-refractivity contribution >= 4 is 11.9 Å². The molecule has 1 aliphatic carbocycles. The molecule has 0 radical (unpaired) electrons. The first-order valence-corrected chi connectivity index (χ1v) is 7.70. The Bertz CT molecular complexity index is 437. The molecule has 3 atom stereocenters. The van der Waals surface area contributed by atoms with Crippen LogP contribution in [0.4, 0.5) is 0 Å². The van der Waals surface area contributed by atoms with Crippen molar-refractivity contribution in [1.82, 2.24) is 4.90 Å². The maximum atomic E-state index is 12.9. The fourth-order valence-corrected chi connectivity index (χ4v) is 3.49. The number of amides is 1. The predicted octanol–water partition coefficient (Wildman–Crippen LogP) is 0.985. The molecule has 6 nitrogen and oxygen atoms in total. The van der Waals surface area contributed by atoms with E-state index in [2.05, 4.69) is 0 Å². The Labute approximate surface area is 125 Å². The number of carbonyl (C=O) groups excluding carboxylic acids is 1. The van der Waals surface area contributed by atoms with E-state index in [1.807, 2.05) is 20.8 Å². The molecule has 0 spiro atoms. The molecule has 2 aliphatic rings. The van der Waals surface area contributed by atoms with Gasteiger partial charge in [0.05, 0.1) is 6.10 Å². The highest BCUT2D eigenvalue weighted by Gasteiger charge is 2.64. The van der Waals surface area contributed by atoms with E-state index < -0.39 is 23.0 Å². The molecular weight excluding hydrogens is 272 g/mol. The van der Waals surface area contributed by atoms with E-state index in [0.717, 1.165) is 12.8 Å². The highest BCUT2D eigenvalue weighted by Crippen LogP contribution is 2.51.